The van der Waals surface area contributed by atoms with Crippen LogP contribution in [0.4, 0.5) is 10.5 Å². The third-order valence-corrected chi connectivity index (χ3v) is 5.43. The maximum Gasteiger partial charge on any atom is 0.410 e. The third-order valence-electron chi connectivity index (χ3n) is 5.43. The Hall–Kier alpha value is -3.01. The van der Waals surface area contributed by atoms with Gasteiger partial charge in [0.05, 0.1) is 4.92 Å². The first-order valence-electron chi connectivity index (χ1n) is 11.2. The average Bonchev–Trinajstić information content (AvgIpc) is 2.75. The molecule has 10 nitrogen and oxygen atoms in total. The maximum atomic E-state index is 13.3. The highest BCUT2D eigenvalue weighted by atomic mass is 16.6. The topological polar surface area (TPSA) is 122 Å². The summed E-state index contributed by atoms with van der Waals surface area (Å²) in [7, 11) is 1.61. The van der Waals surface area contributed by atoms with Gasteiger partial charge in [-0.15, -0.1) is 0 Å². The second-order valence-electron chi connectivity index (χ2n) is 9.33. The van der Waals surface area contributed by atoms with Crippen molar-refractivity contribution in [3.63, 3.8) is 0 Å². The molecular formula is C23H34N4O6. The molecule has 2 rings (SSSR count). The number of nitrogens with one attached hydrogen (secondary N) is 1. The molecule has 0 aliphatic carbocycles. The van der Waals surface area contributed by atoms with Gasteiger partial charge in [-0.3, -0.25) is 24.6 Å². The van der Waals surface area contributed by atoms with Crippen molar-refractivity contribution in [3.8, 4) is 0 Å². The van der Waals surface area contributed by atoms with Crippen LogP contribution >= 0.6 is 0 Å². The predicted molar refractivity (Wildman–Crippen MR) is 123 cm³/mol. The molecule has 182 valence electrons. The maximum absolute atomic E-state index is 13.3. The molecule has 1 aliphatic heterocycles. The summed E-state index contributed by atoms with van der Waals surface area (Å²) >= 11 is 0. The molecule has 0 atom stereocenters. The van der Waals surface area contributed by atoms with Crippen LogP contribution in [0.1, 0.15) is 56.0 Å². The lowest BCUT2D eigenvalue weighted by molar-refractivity contribution is -0.384. The minimum Gasteiger partial charge on any atom is -0.444 e. The lowest BCUT2D eigenvalue weighted by atomic mass is 9.95. The van der Waals surface area contributed by atoms with E-state index in [1.807, 2.05) is 0 Å². The first-order valence-corrected chi connectivity index (χ1v) is 11.2. The Bertz CT molecular complexity index is 889. The van der Waals surface area contributed by atoms with Gasteiger partial charge in [0.15, 0.2) is 0 Å². The van der Waals surface area contributed by atoms with E-state index in [-0.39, 0.29) is 29.6 Å². The molecule has 1 aromatic carbocycles. The minimum absolute atomic E-state index is 0.112. The van der Waals surface area contributed by atoms with Crippen molar-refractivity contribution in [1.82, 2.24) is 15.1 Å². The van der Waals surface area contributed by atoms with Crippen molar-refractivity contribution in [2.75, 3.05) is 33.2 Å². The number of amides is 3. The Morgan fingerprint density at radius 1 is 1.18 bits per heavy atom. The Morgan fingerprint density at radius 2 is 1.82 bits per heavy atom. The van der Waals surface area contributed by atoms with Crippen LogP contribution in [-0.4, -0.2) is 71.5 Å². The van der Waals surface area contributed by atoms with E-state index >= 15 is 0 Å². The Kier molecular flexibility index (Phi) is 8.92. The Balaban J connectivity index is 2.16. The van der Waals surface area contributed by atoms with E-state index in [4.69, 9.17) is 4.74 Å². The minimum atomic E-state index is -0.619. The van der Waals surface area contributed by atoms with E-state index in [0.29, 0.717) is 44.5 Å². The zero-order chi connectivity index (χ0) is 24.8. The molecule has 0 spiro atoms. The summed E-state index contributed by atoms with van der Waals surface area (Å²) in [6, 6.07) is 3.99. The van der Waals surface area contributed by atoms with E-state index in [1.165, 1.54) is 28.0 Å². The summed E-state index contributed by atoms with van der Waals surface area (Å²) in [5.74, 6) is -0.998. The number of nitro benzene ring substituents is 1. The molecule has 10 heteroatoms. The highest BCUT2D eigenvalue weighted by molar-refractivity contribution is 6.06. The van der Waals surface area contributed by atoms with E-state index in [2.05, 4.69) is 5.32 Å². The molecule has 3 amide bonds. The molecule has 33 heavy (non-hydrogen) atoms. The smallest absolute Gasteiger partial charge is 0.410 e. The Labute approximate surface area is 194 Å². The van der Waals surface area contributed by atoms with Crippen LogP contribution < -0.4 is 5.32 Å². The molecule has 0 radical (unpaired) electrons. The number of aryl methyl sites for hydroxylation is 1. The second-order valence-corrected chi connectivity index (χ2v) is 9.33. The van der Waals surface area contributed by atoms with Crippen molar-refractivity contribution in [1.29, 1.82) is 0 Å². The summed E-state index contributed by atoms with van der Waals surface area (Å²) < 4.78 is 5.34. The zero-order valence-corrected chi connectivity index (χ0v) is 20.1. The highest BCUT2D eigenvalue weighted by Crippen LogP contribution is 2.22. The fraction of sp³-hybridized carbons (Fsp3) is 0.609. The average molecular weight is 463 g/mol. The number of benzene rings is 1. The van der Waals surface area contributed by atoms with Crippen LogP contribution in [0.5, 0.6) is 0 Å². The van der Waals surface area contributed by atoms with Crippen LogP contribution in [0.3, 0.4) is 0 Å². The summed E-state index contributed by atoms with van der Waals surface area (Å²) in [5, 5.41) is 14.2. The fourth-order valence-electron chi connectivity index (χ4n) is 3.64. The normalized spacial score (nSPS) is 14.5. The Morgan fingerprint density at radius 3 is 2.36 bits per heavy atom. The van der Waals surface area contributed by atoms with Crippen LogP contribution in [-0.2, 0) is 9.53 Å². The summed E-state index contributed by atoms with van der Waals surface area (Å²) in [5.41, 5.74) is -0.0444. The summed E-state index contributed by atoms with van der Waals surface area (Å²) in [6.45, 7) is 8.80. The molecule has 0 aromatic heterocycles. The van der Waals surface area contributed by atoms with Gasteiger partial charge >= 0.3 is 6.09 Å². The van der Waals surface area contributed by atoms with Gasteiger partial charge in [-0.2, -0.15) is 0 Å². The van der Waals surface area contributed by atoms with Crippen molar-refractivity contribution in [3.05, 3.63) is 39.4 Å². The first kappa shape index (κ1) is 26.2. The molecule has 0 saturated carbocycles. The molecule has 1 saturated heterocycles. The summed E-state index contributed by atoms with van der Waals surface area (Å²) in [6.07, 6.45) is 1.18. The molecule has 0 unspecified atom stereocenters. The standard InChI is InChI=1S/C23H34N4O6/c1-16-15-18(27(31)32)7-8-19(16)21(29)26(20(28)17-9-11-24-12-10-17)14-6-13-25(5)22(30)33-23(2,3)4/h7-8,15,17,24H,6,9-14H2,1-5H3. The number of ether oxygens (including phenoxy) is 1. The van der Waals surface area contributed by atoms with Gasteiger partial charge in [0.25, 0.3) is 11.6 Å². The van der Waals surface area contributed by atoms with E-state index < -0.39 is 22.5 Å². The van der Waals surface area contributed by atoms with Gasteiger partial charge < -0.3 is 15.0 Å². The number of nitro groups is 1. The second kappa shape index (κ2) is 11.2. The monoisotopic (exact) mass is 462 g/mol. The summed E-state index contributed by atoms with van der Waals surface area (Å²) in [4.78, 5) is 52.0. The quantitative estimate of drug-likeness (QED) is 0.375. The lowest BCUT2D eigenvalue weighted by Gasteiger charge is -2.29. The van der Waals surface area contributed by atoms with E-state index in [1.54, 1.807) is 34.7 Å². The number of non-ortho nitro benzene ring substituents is 1. The molecule has 1 N–H and O–H groups in total. The highest BCUT2D eigenvalue weighted by Gasteiger charge is 2.31. The number of carbonyl (C=O) groups excluding carboxylic acids is 3. The number of hydrogen-bond donors (Lipinski definition) is 1. The number of nitrogens with zero attached hydrogens (tertiary/aromatic N) is 3. The molecule has 1 heterocycles. The molecule has 0 bridgehead atoms. The van der Waals surface area contributed by atoms with Crippen molar-refractivity contribution < 1.29 is 24.0 Å². The number of piperidine rings is 1. The van der Waals surface area contributed by atoms with Gasteiger partial charge in [0, 0.05) is 43.8 Å². The number of imide groups is 1. The SMILES string of the molecule is Cc1cc([N+](=O)[O-])ccc1C(=O)N(CCCN(C)C(=O)OC(C)(C)C)C(=O)C1CCNCC1. The van der Waals surface area contributed by atoms with Gasteiger partial charge in [-0.05, 0) is 71.7 Å². The number of carbonyl (C=O) groups is 3. The van der Waals surface area contributed by atoms with Crippen molar-refractivity contribution in [2.45, 2.75) is 52.6 Å². The molecule has 1 aliphatic rings. The largest absolute Gasteiger partial charge is 0.444 e. The molecule has 1 aromatic rings. The molecule has 1 fully saturated rings. The van der Waals surface area contributed by atoms with Crippen LogP contribution in [0.2, 0.25) is 0 Å². The lowest BCUT2D eigenvalue weighted by Crippen LogP contribution is -2.45. The van der Waals surface area contributed by atoms with Gasteiger partial charge in [-0.1, -0.05) is 0 Å². The number of hydrogen-bond acceptors (Lipinski definition) is 7. The fourth-order valence-corrected chi connectivity index (χ4v) is 3.64. The van der Waals surface area contributed by atoms with Crippen molar-refractivity contribution >= 4 is 23.6 Å². The molecular weight excluding hydrogens is 428 g/mol. The van der Waals surface area contributed by atoms with Crippen LogP contribution in [0, 0.1) is 23.0 Å². The van der Waals surface area contributed by atoms with Crippen LogP contribution in [0.25, 0.3) is 0 Å². The number of rotatable bonds is 7. The van der Waals surface area contributed by atoms with Crippen LogP contribution in [0.15, 0.2) is 18.2 Å². The van der Waals surface area contributed by atoms with Gasteiger partial charge in [0.1, 0.15) is 5.60 Å². The van der Waals surface area contributed by atoms with Gasteiger partial charge in [0.2, 0.25) is 5.91 Å². The predicted octanol–water partition coefficient (Wildman–Crippen LogP) is 3.13. The third kappa shape index (κ3) is 7.52. The zero-order valence-electron chi connectivity index (χ0n) is 20.1. The van der Waals surface area contributed by atoms with Gasteiger partial charge in [-0.25, -0.2) is 4.79 Å². The van der Waals surface area contributed by atoms with Crippen molar-refractivity contribution in [2.24, 2.45) is 5.92 Å². The van der Waals surface area contributed by atoms with E-state index in [0.717, 1.165) is 0 Å². The first-order chi connectivity index (χ1) is 15.4. The van der Waals surface area contributed by atoms with E-state index in [9.17, 15) is 24.5 Å².